The highest BCUT2D eigenvalue weighted by Crippen LogP contribution is 2.46. The summed E-state index contributed by atoms with van der Waals surface area (Å²) in [6, 6.07) is 4.17. The fourth-order valence-corrected chi connectivity index (χ4v) is 1.16. The van der Waals surface area contributed by atoms with E-state index in [4.69, 9.17) is 5.26 Å². The Morgan fingerprint density at radius 3 is 2.73 bits per heavy atom. The molecule has 2 rings (SSSR count). The van der Waals surface area contributed by atoms with Gasteiger partial charge in [-0.05, 0) is 24.5 Å². The molecule has 0 unspecified atom stereocenters. The lowest BCUT2D eigenvalue weighted by atomic mass is 10.0. The van der Waals surface area contributed by atoms with Gasteiger partial charge in [-0.3, -0.25) is 0 Å². The lowest BCUT2D eigenvalue weighted by Gasteiger charge is -2.01. The van der Waals surface area contributed by atoms with Crippen LogP contribution in [0.1, 0.15) is 18.4 Å². The maximum atomic E-state index is 8.81. The van der Waals surface area contributed by atoms with Gasteiger partial charge in [0.25, 0.3) is 0 Å². The Labute approximate surface area is 64.7 Å². The lowest BCUT2D eigenvalue weighted by Crippen LogP contribution is -2.02. The Bertz CT molecular complexity index is 295. The molecule has 0 radical (unpaired) electrons. The molecule has 0 spiro atoms. The van der Waals surface area contributed by atoms with E-state index in [1.54, 1.807) is 12.4 Å². The summed E-state index contributed by atoms with van der Waals surface area (Å²) < 4.78 is 0. The SMILES string of the molecule is N#CC1(c2ccnnc2)CC1. The zero-order valence-corrected chi connectivity index (χ0v) is 5.99. The molecule has 1 aliphatic rings. The topological polar surface area (TPSA) is 49.6 Å². The van der Waals surface area contributed by atoms with Crippen molar-refractivity contribution in [3.8, 4) is 6.07 Å². The van der Waals surface area contributed by atoms with Crippen LogP contribution in [-0.4, -0.2) is 10.2 Å². The fraction of sp³-hybridized carbons (Fsp3) is 0.375. The smallest absolute Gasteiger partial charge is 0.0839 e. The van der Waals surface area contributed by atoms with Crippen LogP contribution in [0.4, 0.5) is 0 Å². The molecule has 3 nitrogen and oxygen atoms in total. The third-order valence-corrected chi connectivity index (χ3v) is 2.10. The van der Waals surface area contributed by atoms with Crippen molar-refractivity contribution >= 4 is 0 Å². The molecule has 0 saturated heterocycles. The molecule has 0 aromatic carbocycles. The van der Waals surface area contributed by atoms with Crippen molar-refractivity contribution in [3.63, 3.8) is 0 Å². The van der Waals surface area contributed by atoms with Crippen molar-refractivity contribution in [2.24, 2.45) is 0 Å². The first-order valence-electron chi connectivity index (χ1n) is 3.56. The average Bonchev–Trinajstić information content (AvgIpc) is 2.86. The Morgan fingerprint density at radius 2 is 2.27 bits per heavy atom. The molecule has 1 aromatic rings. The van der Waals surface area contributed by atoms with Gasteiger partial charge in [0.15, 0.2) is 0 Å². The molecule has 1 aromatic heterocycles. The van der Waals surface area contributed by atoms with E-state index < -0.39 is 0 Å². The molecule has 0 amide bonds. The van der Waals surface area contributed by atoms with Crippen LogP contribution in [-0.2, 0) is 5.41 Å². The third kappa shape index (κ3) is 0.874. The maximum Gasteiger partial charge on any atom is 0.0839 e. The second-order valence-electron chi connectivity index (χ2n) is 2.83. The fourth-order valence-electron chi connectivity index (χ4n) is 1.16. The first-order valence-corrected chi connectivity index (χ1v) is 3.56. The summed E-state index contributed by atoms with van der Waals surface area (Å²) in [4.78, 5) is 0. The van der Waals surface area contributed by atoms with E-state index in [0.717, 1.165) is 18.4 Å². The monoisotopic (exact) mass is 145 g/mol. The molecule has 3 heteroatoms. The molecule has 54 valence electrons. The van der Waals surface area contributed by atoms with Crippen LogP contribution < -0.4 is 0 Å². The third-order valence-electron chi connectivity index (χ3n) is 2.10. The minimum absolute atomic E-state index is 0.212. The zero-order valence-electron chi connectivity index (χ0n) is 5.99. The standard InChI is InChI=1S/C8H7N3/c9-6-8(2-3-8)7-1-4-10-11-5-7/h1,4-5H,2-3H2. The highest BCUT2D eigenvalue weighted by Gasteiger charge is 2.45. The number of hydrogen-bond acceptors (Lipinski definition) is 3. The van der Waals surface area contributed by atoms with Crippen LogP contribution in [0.3, 0.4) is 0 Å². The van der Waals surface area contributed by atoms with Crippen molar-refractivity contribution in [2.75, 3.05) is 0 Å². The van der Waals surface area contributed by atoms with Crippen molar-refractivity contribution in [2.45, 2.75) is 18.3 Å². The summed E-state index contributed by atoms with van der Waals surface area (Å²) in [7, 11) is 0. The van der Waals surface area contributed by atoms with E-state index in [1.165, 1.54) is 0 Å². The highest BCUT2D eigenvalue weighted by molar-refractivity contribution is 5.35. The van der Waals surface area contributed by atoms with Crippen molar-refractivity contribution in [1.29, 1.82) is 5.26 Å². The van der Waals surface area contributed by atoms with Gasteiger partial charge >= 0.3 is 0 Å². The quantitative estimate of drug-likeness (QED) is 0.593. The molecule has 1 heterocycles. The van der Waals surface area contributed by atoms with Crippen molar-refractivity contribution in [3.05, 3.63) is 24.0 Å². The summed E-state index contributed by atoms with van der Waals surface area (Å²) in [5, 5.41) is 16.2. The predicted molar refractivity (Wildman–Crippen MR) is 38.6 cm³/mol. The van der Waals surface area contributed by atoms with E-state index >= 15 is 0 Å². The van der Waals surface area contributed by atoms with Crippen LogP contribution in [0.2, 0.25) is 0 Å². The first kappa shape index (κ1) is 6.29. The van der Waals surface area contributed by atoms with Gasteiger partial charge in [-0.2, -0.15) is 15.5 Å². The summed E-state index contributed by atoms with van der Waals surface area (Å²) >= 11 is 0. The Hall–Kier alpha value is -1.43. The molecule has 0 N–H and O–H groups in total. The molecular formula is C8H7N3. The minimum Gasteiger partial charge on any atom is -0.197 e. The zero-order chi connectivity index (χ0) is 7.73. The second-order valence-corrected chi connectivity index (χ2v) is 2.83. The Morgan fingerprint density at radius 1 is 1.45 bits per heavy atom. The van der Waals surface area contributed by atoms with Crippen LogP contribution in [0, 0.1) is 11.3 Å². The van der Waals surface area contributed by atoms with Crippen molar-refractivity contribution < 1.29 is 0 Å². The largest absolute Gasteiger partial charge is 0.197 e. The van der Waals surface area contributed by atoms with Gasteiger partial charge in [-0.25, -0.2) is 0 Å². The highest BCUT2D eigenvalue weighted by atomic mass is 15.1. The van der Waals surface area contributed by atoms with Crippen LogP contribution in [0.15, 0.2) is 18.5 Å². The predicted octanol–water partition coefficient (Wildman–Crippen LogP) is 1.03. The minimum atomic E-state index is -0.212. The molecular weight excluding hydrogens is 138 g/mol. The van der Waals surface area contributed by atoms with Gasteiger partial charge in [0.2, 0.25) is 0 Å². The summed E-state index contributed by atoms with van der Waals surface area (Å²) in [5.41, 5.74) is 0.797. The molecule has 1 saturated carbocycles. The van der Waals surface area contributed by atoms with Crippen LogP contribution in [0.25, 0.3) is 0 Å². The molecule has 0 aliphatic heterocycles. The second kappa shape index (κ2) is 2.03. The molecule has 0 bridgehead atoms. The summed E-state index contributed by atoms with van der Waals surface area (Å²) in [5.74, 6) is 0. The van der Waals surface area contributed by atoms with Gasteiger partial charge in [0.05, 0.1) is 17.7 Å². The normalized spacial score (nSPS) is 18.8. The van der Waals surface area contributed by atoms with Gasteiger partial charge < -0.3 is 0 Å². The average molecular weight is 145 g/mol. The molecule has 1 fully saturated rings. The van der Waals surface area contributed by atoms with Crippen molar-refractivity contribution in [1.82, 2.24) is 10.2 Å². The van der Waals surface area contributed by atoms with E-state index in [1.807, 2.05) is 6.07 Å². The number of nitrogens with zero attached hydrogens (tertiary/aromatic N) is 3. The van der Waals surface area contributed by atoms with E-state index in [2.05, 4.69) is 16.3 Å². The van der Waals surface area contributed by atoms with Gasteiger partial charge in [-0.1, -0.05) is 0 Å². The molecule has 0 atom stereocenters. The molecule has 11 heavy (non-hydrogen) atoms. The van der Waals surface area contributed by atoms with Gasteiger partial charge in [-0.15, -0.1) is 0 Å². The number of aromatic nitrogens is 2. The number of nitriles is 1. The van der Waals surface area contributed by atoms with Gasteiger partial charge in [0, 0.05) is 6.20 Å². The van der Waals surface area contributed by atoms with Gasteiger partial charge in [0.1, 0.15) is 0 Å². The van der Waals surface area contributed by atoms with E-state index in [-0.39, 0.29) is 5.41 Å². The summed E-state index contributed by atoms with van der Waals surface area (Å²) in [6.07, 6.45) is 5.24. The number of rotatable bonds is 1. The Kier molecular flexibility index (Phi) is 1.16. The number of hydrogen-bond donors (Lipinski definition) is 0. The molecule has 1 aliphatic carbocycles. The van der Waals surface area contributed by atoms with E-state index in [0.29, 0.717) is 0 Å². The van der Waals surface area contributed by atoms with E-state index in [9.17, 15) is 0 Å². The lowest BCUT2D eigenvalue weighted by molar-refractivity contribution is 0.871. The Balaban J connectivity index is 2.39. The first-order chi connectivity index (χ1) is 5.37. The maximum absolute atomic E-state index is 8.81. The summed E-state index contributed by atoms with van der Waals surface area (Å²) in [6.45, 7) is 0. The van der Waals surface area contributed by atoms with Crippen LogP contribution in [0.5, 0.6) is 0 Å². The van der Waals surface area contributed by atoms with Crippen LogP contribution >= 0.6 is 0 Å².